The van der Waals surface area contributed by atoms with Crippen LogP contribution >= 0.6 is 0 Å². The summed E-state index contributed by atoms with van der Waals surface area (Å²) in [5.74, 6) is -0.300. The maximum atomic E-state index is 14.3. The summed E-state index contributed by atoms with van der Waals surface area (Å²) in [5.41, 5.74) is 1.43. The Morgan fingerprint density at radius 3 is 2.81 bits per heavy atom. The van der Waals surface area contributed by atoms with Crippen LogP contribution in [0, 0.1) is 12.7 Å². The fourth-order valence-corrected chi connectivity index (χ4v) is 3.46. The molecule has 3 aromatic rings. The highest BCUT2D eigenvalue weighted by Crippen LogP contribution is 2.18. The summed E-state index contributed by atoms with van der Waals surface area (Å²) < 4.78 is 21.1. The van der Waals surface area contributed by atoms with Gasteiger partial charge in [-0.3, -0.25) is 14.6 Å². The molecule has 0 atom stereocenters. The molecular formula is C21H23FN6O3. The predicted octanol–water partition coefficient (Wildman–Crippen LogP) is 1.81. The summed E-state index contributed by atoms with van der Waals surface area (Å²) in [6.45, 7) is 4.28. The molecule has 9 nitrogen and oxygen atoms in total. The number of aromatic amines is 1. The molecule has 0 spiro atoms. The second kappa shape index (κ2) is 9.09. The number of morpholine rings is 1. The number of aromatic nitrogens is 4. The van der Waals surface area contributed by atoms with Gasteiger partial charge in [0.15, 0.2) is 5.82 Å². The molecule has 2 N–H and O–H groups in total. The summed E-state index contributed by atoms with van der Waals surface area (Å²) in [5, 5.41) is 6.66. The van der Waals surface area contributed by atoms with Crippen molar-refractivity contribution in [3.8, 4) is 5.69 Å². The fourth-order valence-electron chi connectivity index (χ4n) is 3.46. The summed E-state index contributed by atoms with van der Waals surface area (Å²) in [4.78, 5) is 34.1. The molecule has 0 bridgehead atoms. The van der Waals surface area contributed by atoms with Gasteiger partial charge in [-0.2, -0.15) is 5.10 Å². The number of aryl methyl sites for hydroxylation is 1. The van der Waals surface area contributed by atoms with Crippen LogP contribution in [0.1, 0.15) is 17.7 Å². The molecule has 0 aliphatic carbocycles. The highest BCUT2D eigenvalue weighted by molar-refractivity contribution is 5.90. The third kappa shape index (κ3) is 4.80. The van der Waals surface area contributed by atoms with Crippen LogP contribution in [0.2, 0.25) is 0 Å². The van der Waals surface area contributed by atoms with E-state index in [4.69, 9.17) is 4.74 Å². The lowest BCUT2D eigenvalue weighted by molar-refractivity contribution is -0.116. The Kier molecular flexibility index (Phi) is 6.08. The Morgan fingerprint density at radius 2 is 2.13 bits per heavy atom. The number of rotatable bonds is 6. The van der Waals surface area contributed by atoms with Crippen molar-refractivity contribution >= 4 is 17.5 Å². The van der Waals surface area contributed by atoms with Crippen molar-refractivity contribution < 1.29 is 13.9 Å². The molecule has 1 aliphatic heterocycles. The van der Waals surface area contributed by atoms with Crippen molar-refractivity contribution in [3.05, 3.63) is 64.1 Å². The van der Waals surface area contributed by atoms with Gasteiger partial charge in [-0.25, -0.2) is 14.1 Å². The number of halogens is 1. The van der Waals surface area contributed by atoms with Crippen LogP contribution in [0.3, 0.4) is 0 Å². The van der Waals surface area contributed by atoms with E-state index < -0.39 is 5.82 Å². The molecule has 1 fully saturated rings. The van der Waals surface area contributed by atoms with Crippen molar-refractivity contribution in [2.45, 2.75) is 19.8 Å². The first kappa shape index (κ1) is 20.7. The zero-order chi connectivity index (χ0) is 21.8. The average Bonchev–Trinajstić information content (AvgIpc) is 3.28. The Morgan fingerprint density at radius 1 is 1.32 bits per heavy atom. The zero-order valence-electron chi connectivity index (χ0n) is 17.1. The number of ether oxygens (including phenoxy) is 1. The minimum Gasteiger partial charge on any atom is -0.378 e. The van der Waals surface area contributed by atoms with E-state index in [1.165, 1.54) is 10.7 Å². The van der Waals surface area contributed by atoms with Gasteiger partial charge in [0.1, 0.15) is 5.69 Å². The molecule has 0 unspecified atom stereocenters. The van der Waals surface area contributed by atoms with E-state index in [0.29, 0.717) is 49.2 Å². The molecule has 162 valence electrons. The van der Waals surface area contributed by atoms with Crippen LogP contribution in [0.5, 0.6) is 0 Å². The lowest BCUT2D eigenvalue weighted by Gasteiger charge is -2.27. The summed E-state index contributed by atoms with van der Waals surface area (Å²) in [7, 11) is 0. The van der Waals surface area contributed by atoms with Gasteiger partial charge >= 0.3 is 0 Å². The van der Waals surface area contributed by atoms with Gasteiger partial charge in [-0.1, -0.05) is 0 Å². The molecule has 1 aromatic carbocycles. The van der Waals surface area contributed by atoms with E-state index in [2.05, 4.69) is 20.4 Å². The predicted molar refractivity (Wildman–Crippen MR) is 113 cm³/mol. The highest BCUT2D eigenvalue weighted by atomic mass is 19.1. The largest absolute Gasteiger partial charge is 0.378 e. The van der Waals surface area contributed by atoms with E-state index in [-0.39, 0.29) is 30.0 Å². The van der Waals surface area contributed by atoms with E-state index in [9.17, 15) is 14.0 Å². The lowest BCUT2D eigenvalue weighted by Crippen LogP contribution is -2.38. The quantitative estimate of drug-likeness (QED) is 0.623. The average molecular weight is 426 g/mol. The molecule has 31 heavy (non-hydrogen) atoms. The summed E-state index contributed by atoms with van der Waals surface area (Å²) in [6.07, 6.45) is 3.50. The van der Waals surface area contributed by atoms with E-state index in [0.717, 1.165) is 0 Å². The van der Waals surface area contributed by atoms with E-state index >= 15 is 0 Å². The standard InChI is InChI=1S/C21H23FN6O3/c1-14-16(20(30)26-21(24-14)27-9-11-31-12-10-27)4-6-19(29)25-15-3-5-18(17(22)13-15)28-8-2-7-23-28/h2-3,5,7-8,13H,4,6,9-12H2,1H3,(H,25,29)(H,24,26,30). The zero-order valence-corrected chi connectivity index (χ0v) is 17.1. The summed E-state index contributed by atoms with van der Waals surface area (Å²) >= 11 is 0. The number of amides is 1. The number of benzene rings is 1. The van der Waals surface area contributed by atoms with Gasteiger partial charge < -0.3 is 15.0 Å². The van der Waals surface area contributed by atoms with Crippen LogP contribution < -0.4 is 15.8 Å². The van der Waals surface area contributed by atoms with E-state index in [1.807, 2.05) is 4.90 Å². The van der Waals surface area contributed by atoms with Crippen molar-refractivity contribution in [1.82, 2.24) is 19.7 Å². The van der Waals surface area contributed by atoms with Gasteiger partial charge in [-0.15, -0.1) is 0 Å². The SMILES string of the molecule is Cc1nc(N2CCOCC2)[nH]c(=O)c1CCC(=O)Nc1ccc(-n2cccn2)c(F)c1. The van der Waals surface area contributed by atoms with Crippen molar-refractivity contribution in [2.24, 2.45) is 0 Å². The molecule has 10 heteroatoms. The molecule has 1 saturated heterocycles. The molecule has 0 radical (unpaired) electrons. The van der Waals surface area contributed by atoms with Crippen molar-refractivity contribution in [2.75, 3.05) is 36.5 Å². The Labute approximate surface area is 177 Å². The van der Waals surface area contributed by atoms with Gasteiger partial charge in [0, 0.05) is 48.8 Å². The van der Waals surface area contributed by atoms with Gasteiger partial charge in [0.25, 0.3) is 5.56 Å². The van der Waals surface area contributed by atoms with Gasteiger partial charge in [0.05, 0.1) is 13.2 Å². The Bertz CT molecular complexity index is 1120. The smallest absolute Gasteiger partial charge is 0.255 e. The number of carbonyl (C=O) groups is 1. The third-order valence-corrected chi connectivity index (χ3v) is 5.11. The van der Waals surface area contributed by atoms with E-state index in [1.54, 1.807) is 37.5 Å². The minimum absolute atomic E-state index is 0.0744. The topological polar surface area (TPSA) is 105 Å². The second-order valence-corrected chi connectivity index (χ2v) is 7.22. The van der Waals surface area contributed by atoms with Crippen molar-refractivity contribution in [3.63, 3.8) is 0 Å². The van der Waals surface area contributed by atoms with Crippen LogP contribution in [-0.2, 0) is 16.0 Å². The first-order chi connectivity index (χ1) is 15.0. The minimum atomic E-state index is -0.503. The number of nitrogens with zero attached hydrogens (tertiary/aromatic N) is 4. The fraction of sp³-hybridized carbons (Fsp3) is 0.333. The number of nitrogens with one attached hydrogen (secondary N) is 2. The number of H-pyrrole nitrogens is 1. The normalized spacial score (nSPS) is 13.9. The Hall–Kier alpha value is -3.53. The molecule has 2 aromatic heterocycles. The first-order valence-electron chi connectivity index (χ1n) is 10.0. The lowest BCUT2D eigenvalue weighted by atomic mass is 10.1. The maximum absolute atomic E-state index is 14.3. The molecule has 0 saturated carbocycles. The molecular weight excluding hydrogens is 403 g/mol. The molecule has 4 rings (SSSR count). The molecule has 3 heterocycles. The van der Waals surface area contributed by atoms with Crippen LogP contribution in [0.4, 0.5) is 16.0 Å². The number of carbonyl (C=O) groups excluding carboxylic acids is 1. The first-order valence-corrected chi connectivity index (χ1v) is 10.0. The molecule has 1 aliphatic rings. The Balaban J connectivity index is 1.38. The highest BCUT2D eigenvalue weighted by Gasteiger charge is 2.17. The number of hydrogen-bond acceptors (Lipinski definition) is 6. The maximum Gasteiger partial charge on any atom is 0.255 e. The number of anilines is 2. The molecule has 1 amide bonds. The monoisotopic (exact) mass is 426 g/mol. The summed E-state index contributed by atoms with van der Waals surface area (Å²) in [6, 6.07) is 6.09. The van der Waals surface area contributed by atoms with Crippen LogP contribution in [-0.4, -0.2) is 52.0 Å². The van der Waals surface area contributed by atoms with Gasteiger partial charge in [-0.05, 0) is 37.6 Å². The number of hydrogen-bond donors (Lipinski definition) is 2. The van der Waals surface area contributed by atoms with Crippen LogP contribution in [0.25, 0.3) is 5.69 Å². The van der Waals surface area contributed by atoms with Gasteiger partial charge in [0.2, 0.25) is 11.9 Å². The second-order valence-electron chi connectivity index (χ2n) is 7.22. The van der Waals surface area contributed by atoms with Crippen molar-refractivity contribution in [1.29, 1.82) is 0 Å². The third-order valence-electron chi connectivity index (χ3n) is 5.11. The van der Waals surface area contributed by atoms with Crippen LogP contribution in [0.15, 0.2) is 41.5 Å².